The number of ether oxygens (including phenoxy) is 1. The molecule has 0 spiro atoms. The molecule has 0 saturated heterocycles. The van der Waals surface area contributed by atoms with E-state index < -0.39 is 0 Å². The summed E-state index contributed by atoms with van der Waals surface area (Å²) in [6, 6.07) is 5.48. The summed E-state index contributed by atoms with van der Waals surface area (Å²) >= 11 is 0. The Labute approximate surface area is 115 Å². The second-order valence-electron chi connectivity index (χ2n) is 4.75. The molecule has 106 valence electrons. The molecule has 0 saturated carbocycles. The molecule has 0 bridgehead atoms. The van der Waals surface area contributed by atoms with Crippen LogP contribution >= 0.6 is 0 Å². The molecule has 0 aliphatic carbocycles. The highest BCUT2D eigenvalue weighted by atomic mass is 16.5. The van der Waals surface area contributed by atoms with Gasteiger partial charge in [-0.05, 0) is 43.5 Å². The highest BCUT2D eigenvalue weighted by Gasteiger charge is 2.11. The highest BCUT2D eigenvalue weighted by Crippen LogP contribution is 2.19. The molecule has 4 heteroatoms. The number of hydrogen-bond donors (Lipinski definition) is 2. The fourth-order valence-electron chi connectivity index (χ4n) is 1.99. The Kier molecular flexibility index (Phi) is 6.36. The number of hydrogen-bond acceptors (Lipinski definition) is 3. The predicted octanol–water partition coefficient (Wildman–Crippen LogP) is 2.11. The van der Waals surface area contributed by atoms with E-state index in [1.807, 2.05) is 19.1 Å². The first-order valence-electron chi connectivity index (χ1n) is 6.75. The summed E-state index contributed by atoms with van der Waals surface area (Å²) < 4.78 is 5.22. The topological polar surface area (TPSA) is 64.3 Å². The molecule has 3 N–H and O–H groups in total. The number of nitrogens with two attached hydrogens (primary N) is 1. The number of carbonyl (C=O) groups excluding carboxylic acids is 1. The minimum atomic E-state index is -0.0613. The molecule has 0 fully saturated rings. The summed E-state index contributed by atoms with van der Waals surface area (Å²) in [5, 5.41) is 2.96. The van der Waals surface area contributed by atoms with Crippen molar-refractivity contribution in [2.75, 3.05) is 20.2 Å². The smallest absolute Gasteiger partial charge is 0.251 e. The Bertz CT molecular complexity index is 419. The van der Waals surface area contributed by atoms with Crippen LogP contribution in [0, 0.1) is 12.8 Å². The third-order valence-electron chi connectivity index (χ3n) is 3.37. The van der Waals surface area contributed by atoms with Crippen LogP contribution in [0.1, 0.15) is 35.7 Å². The van der Waals surface area contributed by atoms with Crippen molar-refractivity contribution < 1.29 is 9.53 Å². The van der Waals surface area contributed by atoms with E-state index in [0.29, 0.717) is 24.6 Å². The van der Waals surface area contributed by atoms with Crippen LogP contribution in [0.4, 0.5) is 0 Å². The molecule has 1 aromatic carbocycles. The SMILES string of the molecule is CCC(CCN)CNC(=O)c1ccc(C)c(OC)c1. The fraction of sp³-hybridized carbons (Fsp3) is 0.533. The molecule has 0 aromatic heterocycles. The third-order valence-corrected chi connectivity index (χ3v) is 3.37. The number of carbonyl (C=O) groups is 1. The lowest BCUT2D eigenvalue weighted by Crippen LogP contribution is -2.30. The van der Waals surface area contributed by atoms with Crippen LogP contribution in [-0.4, -0.2) is 26.1 Å². The van der Waals surface area contributed by atoms with Gasteiger partial charge in [0.1, 0.15) is 5.75 Å². The molecule has 0 aliphatic heterocycles. The highest BCUT2D eigenvalue weighted by molar-refractivity contribution is 5.94. The monoisotopic (exact) mass is 264 g/mol. The van der Waals surface area contributed by atoms with Gasteiger partial charge in [0.15, 0.2) is 0 Å². The van der Waals surface area contributed by atoms with Crippen molar-refractivity contribution in [1.82, 2.24) is 5.32 Å². The number of aryl methyl sites for hydroxylation is 1. The minimum Gasteiger partial charge on any atom is -0.496 e. The molecule has 1 amide bonds. The summed E-state index contributed by atoms with van der Waals surface area (Å²) in [5.74, 6) is 1.12. The zero-order valence-corrected chi connectivity index (χ0v) is 12.0. The molecule has 1 unspecified atom stereocenters. The third kappa shape index (κ3) is 4.56. The van der Waals surface area contributed by atoms with Gasteiger partial charge in [-0.15, -0.1) is 0 Å². The first-order chi connectivity index (χ1) is 9.12. The molecule has 4 nitrogen and oxygen atoms in total. The lowest BCUT2D eigenvalue weighted by molar-refractivity contribution is 0.0946. The summed E-state index contributed by atoms with van der Waals surface area (Å²) in [5.41, 5.74) is 7.20. The van der Waals surface area contributed by atoms with Gasteiger partial charge in [0.25, 0.3) is 5.91 Å². The van der Waals surface area contributed by atoms with E-state index >= 15 is 0 Å². The van der Waals surface area contributed by atoms with E-state index in [1.54, 1.807) is 13.2 Å². The van der Waals surface area contributed by atoms with E-state index in [1.165, 1.54) is 0 Å². The van der Waals surface area contributed by atoms with Crippen LogP contribution in [0.15, 0.2) is 18.2 Å². The summed E-state index contributed by atoms with van der Waals surface area (Å²) in [6.07, 6.45) is 1.96. The van der Waals surface area contributed by atoms with Crippen LogP contribution in [0.25, 0.3) is 0 Å². The van der Waals surface area contributed by atoms with Gasteiger partial charge < -0.3 is 15.8 Å². The van der Waals surface area contributed by atoms with Gasteiger partial charge >= 0.3 is 0 Å². The van der Waals surface area contributed by atoms with Gasteiger partial charge in [-0.2, -0.15) is 0 Å². The Balaban J connectivity index is 2.62. The van der Waals surface area contributed by atoms with Crippen LogP contribution in [0.5, 0.6) is 5.75 Å². The normalized spacial score (nSPS) is 12.0. The summed E-state index contributed by atoms with van der Waals surface area (Å²) in [7, 11) is 1.61. The fourth-order valence-corrected chi connectivity index (χ4v) is 1.99. The molecule has 19 heavy (non-hydrogen) atoms. The molecular formula is C15H24N2O2. The number of nitrogens with one attached hydrogen (secondary N) is 1. The average molecular weight is 264 g/mol. The van der Waals surface area contributed by atoms with Crippen molar-refractivity contribution in [2.45, 2.75) is 26.7 Å². The summed E-state index contributed by atoms with van der Waals surface area (Å²) in [6.45, 7) is 5.39. The van der Waals surface area contributed by atoms with Crippen LogP contribution in [0.3, 0.4) is 0 Å². The van der Waals surface area contributed by atoms with Crippen LogP contribution in [-0.2, 0) is 0 Å². The van der Waals surface area contributed by atoms with Crippen molar-refractivity contribution in [3.8, 4) is 5.75 Å². The lowest BCUT2D eigenvalue weighted by atomic mass is 10.0. The molecular weight excluding hydrogens is 240 g/mol. The van der Waals surface area contributed by atoms with Crippen LogP contribution < -0.4 is 15.8 Å². The van der Waals surface area contributed by atoms with E-state index in [2.05, 4.69) is 12.2 Å². The Morgan fingerprint density at radius 2 is 2.21 bits per heavy atom. The van der Waals surface area contributed by atoms with Gasteiger partial charge in [0.05, 0.1) is 7.11 Å². The Hall–Kier alpha value is -1.55. The maximum absolute atomic E-state index is 12.1. The second-order valence-corrected chi connectivity index (χ2v) is 4.75. The van der Waals surface area contributed by atoms with Gasteiger partial charge in [-0.1, -0.05) is 19.4 Å². The zero-order valence-electron chi connectivity index (χ0n) is 12.0. The second kappa shape index (κ2) is 7.79. The van der Waals surface area contributed by atoms with Gasteiger partial charge in [0.2, 0.25) is 0 Å². The molecule has 1 atom stereocenters. The number of amides is 1. The van der Waals surface area contributed by atoms with E-state index in [4.69, 9.17) is 10.5 Å². The lowest BCUT2D eigenvalue weighted by Gasteiger charge is -2.15. The maximum atomic E-state index is 12.1. The first-order valence-corrected chi connectivity index (χ1v) is 6.75. The van der Waals surface area contributed by atoms with E-state index in [-0.39, 0.29) is 5.91 Å². The van der Waals surface area contributed by atoms with Crippen molar-refractivity contribution in [3.63, 3.8) is 0 Å². The van der Waals surface area contributed by atoms with Gasteiger partial charge in [-0.3, -0.25) is 4.79 Å². The molecule has 1 rings (SSSR count). The number of rotatable bonds is 7. The summed E-state index contributed by atoms with van der Waals surface area (Å²) in [4.78, 5) is 12.1. The molecule has 0 aliphatic rings. The first kappa shape index (κ1) is 15.5. The molecule has 0 heterocycles. The maximum Gasteiger partial charge on any atom is 0.251 e. The standard InChI is InChI=1S/C15H24N2O2/c1-4-12(7-8-16)10-17-15(18)13-6-5-11(2)14(9-13)19-3/h5-6,9,12H,4,7-8,10,16H2,1-3H3,(H,17,18). The van der Waals surface area contributed by atoms with Crippen molar-refractivity contribution in [1.29, 1.82) is 0 Å². The average Bonchev–Trinajstić information content (AvgIpc) is 2.43. The number of methoxy groups -OCH3 is 1. The van der Waals surface area contributed by atoms with E-state index in [9.17, 15) is 4.79 Å². The predicted molar refractivity (Wildman–Crippen MR) is 77.5 cm³/mol. The van der Waals surface area contributed by atoms with Crippen LogP contribution in [0.2, 0.25) is 0 Å². The van der Waals surface area contributed by atoms with Gasteiger partial charge in [-0.25, -0.2) is 0 Å². The largest absolute Gasteiger partial charge is 0.496 e. The Morgan fingerprint density at radius 1 is 1.47 bits per heavy atom. The molecule has 1 aromatic rings. The van der Waals surface area contributed by atoms with Crippen molar-refractivity contribution in [2.24, 2.45) is 11.7 Å². The van der Waals surface area contributed by atoms with Crippen molar-refractivity contribution in [3.05, 3.63) is 29.3 Å². The van der Waals surface area contributed by atoms with E-state index in [0.717, 1.165) is 24.2 Å². The minimum absolute atomic E-state index is 0.0613. The molecule has 0 radical (unpaired) electrons. The van der Waals surface area contributed by atoms with Gasteiger partial charge in [0, 0.05) is 12.1 Å². The Morgan fingerprint density at radius 3 is 2.79 bits per heavy atom. The zero-order chi connectivity index (χ0) is 14.3. The number of benzene rings is 1. The van der Waals surface area contributed by atoms with Crippen molar-refractivity contribution >= 4 is 5.91 Å². The quantitative estimate of drug-likeness (QED) is 0.792.